The molecule has 0 unspecified atom stereocenters. The second-order valence-corrected chi connectivity index (χ2v) is 5.30. The average Bonchev–Trinajstić information content (AvgIpc) is 2.26. The van der Waals surface area contributed by atoms with Crippen LogP contribution in [0.25, 0.3) is 0 Å². The Morgan fingerprint density at radius 1 is 1.37 bits per heavy atom. The topological polar surface area (TPSA) is 78.8 Å². The molecule has 0 radical (unpaired) electrons. The van der Waals surface area contributed by atoms with Crippen LogP contribution in [0.15, 0.2) is 18.2 Å². The number of hydrogen-bond acceptors (Lipinski definition) is 4. The number of hydrogen-bond donors (Lipinski definition) is 3. The Balaban J connectivity index is 2.41. The molecule has 0 saturated heterocycles. The van der Waals surface area contributed by atoms with Gasteiger partial charge in [-0.25, -0.2) is 4.79 Å². The fourth-order valence-electron chi connectivity index (χ4n) is 1.52. The van der Waals surface area contributed by atoms with Crippen molar-refractivity contribution in [1.82, 2.24) is 5.32 Å². The second-order valence-electron chi connectivity index (χ2n) is 5.30. The summed E-state index contributed by atoms with van der Waals surface area (Å²) in [6, 6.07) is 5.06. The Labute approximate surface area is 113 Å². The maximum atomic E-state index is 11.4. The van der Waals surface area contributed by atoms with Crippen LogP contribution in [0, 0.1) is 0 Å². The van der Waals surface area contributed by atoms with Crippen LogP contribution < -0.4 is 5.32 Å². The SMILES string of the molecule is CC(C)(C)OC(=O)NCCc1ccc(CO)c(O)c1. The minimum atomic E-state index is -0.509. The van der Waals surface area contributed by atoms with Gasteiger partial charge in [0, 0.05) is 12.1 Å². The summed E-state index contributed by atoms with van der Waals surface area (Å²) in [7, 11) is 0. The lowest BCUT2D eigenvalue weighted by Gasteiger charge is -2.19. The maximum absolute atomic E-state index is 11.4. The van der Waals surface area contributed by atoms with Gasteiger partial charge >= 0.3 is 6.09 Å². The number of carbonyl (C=O) groups excluding carboxylic acids is 1. The number of rotatable bonds is 4. The molecule has 0 saturated carbocycles. The van der Waals surface area contributed by atoms with E-state index in [0.29, 0.717) is 18.5 Å². The average molecular weight is 267 g/mol. The van der Waals surface area contributed by atoms with Gasteiger partial charge in [-0.05, 0) is 38.8 Å². The van der Waals surface area contributed by atoms with Crippen LogP contribution in [0.4, 0.5) is 4.79 Å². The summed E-state index contributed by atoms with van der Waals surface area (Å²) in [6.07, 6.45) is 0.127. The van der Waals surface area contributed by atoms with Crippen LogP contribution in [0.5, 0.6) is 5.75 Å². The van der Waals surface area contributed by atoms with Crippen molar-refractivity contribution in [1.29, 1.82) is 0 Å². The molecule has 0 atom stereocenters. The van der Waals surface area contributed by atoms with Gasteiger partial charge in [0.15, 0.2) is 0 Å². The molecule has 1 rings (SSSR count). The first-order valence-corrected chi connectivity index (χ1v) is 6.20. The molecule has 0 fully saturated rings. The predicted octanol–water partition coefficient (Wildman–Crippen LogP) is 1.95. The van der Waals surface area contributed by atoms with Gasteiger partial charge in [-0.3, -0.25) is 0 Å². The molecule has 1 aromatic rings. The number of aliphatic hydroxyl groups is 1. The molecule has 0 heterocycles. The number of aromatic hydroxyl groups is 1. The Morgan fingerprint density at radius 2 is 2.05 bits per heavy atom. The molecule has 5 heteroatoms. The minimum absolute atomic E-state index is 0.0669. The predicted molar refractivity (Wildman–Crippen MR) is 72.0 cm³/mol. The Morgan fingerprint density at radius 3 is 2.58 bits per heavy atom. The number of alkyl carbamates (subject to hydrolysis) is 1. The highest BCUT2D eigenvalue weighted by Gasteiger charge is 2.15. The Bertz CT molecular complexity index is 438. The van der Waals surface area contributed by atoms with E-state index in [9.17, 15) is 9.90 Å². The van der Waals surface area contributed by atoms with E-state index >= 15 is 0 Å². The van der Waals surface area contributed by atoms with Crippen molar-refractivity contribution in [3.05, 3.63) is 29.3 Å². The van der Waals surface area contributed by atoms with Crippen molar-refractivity contribution >= 4 is 6.09 Å². The lowest BCUT2D eigenvalue weighted by atomic mass is 10.1. The van der Waals surface area contributed by atoms with Gasteiger partial charge < -0.3 is 20.3 Å². The largest absolute Gasteiger partial charge is 0.508 e. The molecule has 1 amide bonds. The van der Waals surface area contributed by atoms with Gasteiger partial charge in [0.1, 0.15) is 11.4 Å². The molecular formula is C14H21NO4. The molecule has 0 aromatic heterocycles. The summed E-state index contributed by atoms with van der Waals surface area (Å²) >= 11 is 0. The summed E-state index contributed by atoms with van der Waals surface area (Å²) in [5, 5.41) is 21.2. The van der Waals surface area contributed by atoms with Gasteiger partial charge in [-0.1, -0.05) is 12.1 Å². The summed E-state index contributed by atoms with van der Waals surface area (Å²) in [4.78, 5) is 11.4. The molecule has 5 nitrogen and oxygen atoms in total. The third-order valence-electron chi connectivity index (χ3n) is 2.40. The van der Waals surface area contributed by atoms with E-state index in [2.05, 4.69) is 5.32 Å². The summed E-state index contributed by atoms with van der Waals surface area (Å²) < 4.78 is 5.10. The quantitative estimate of drug-likeness (QED) is 0.779. The molecule has 0 bridgehead atoms. The van der Waals surface area contributed by atoms with Crippen molar-refractivity contribution in [2.24, 2.45) is 0 Å². The van der Waals surface area contributed by atoms with E-state index in [4.69, 9.17) is 9.84 Å². The van der Waals surface area contributed by atoms with Crippen molar-refractivity contribution in [3.63, 3.8) is 0 Å². The van der Waals surface area contributed by atoms with Crippen molar-refractivity contribution in [2.75, 3.05) is 6.54 Å². The van der Waals surface area contributed by atoms with E-state index in [1.165, 1.54) is 0 Å². The van der Waals surface area contributed by atoms with Crippen LogP contribution in [0.1, 0.15) is 31.9 Å². The third kappa shape index (κ3) is 5.61. The first kappa shape index (κ1) is 15.3. The molecule has 19 heavy (non-hydrogen) atoms. The van der Waals surface area contributed by atoms with Crippen LogP contribution in [-0.4, -0.2) is 28.5 Å². The first-order chi connectivity index (χ1) is 8.81. The van der Waals surface area contributed by atoms with E-state index in [1.54, 1.807) is 32.9 Å². The zero-order valence-corrected chi connectivity index (χ0v) is 11.6. The van der Waals surface area contributed by atoms with Gasteiger partial charge in [0.25, 0.3) is 0 Å². The molecule has 0 aliphatic rings. The molecule has 3 N–H and O–H groups in total. The number of aliphatic hydroxyl groups excluding tert-OH is 1. The standard InChI is InChI=1S/C14H21NO4/c1-14(2,3)19-13(18)15-7-6-10-4-5-11(9-16)12(17)8-10/h4-5,8,16-17H,6-7,9H2,1-3H3,(H,15,18). The smallest absolute Gasteiger partial charge is 0.407 e. The van der Waals surface area contributed by atoms with Crippen molar-refractivity contribution in [2.45, 2.75) is 39.4 Å². The maximum Gasteiger partial charge on any atom is 0.407 e. The number of amides is 1. The summed E-state index contributed by atoms with van der Waals surface area (Å²) in [5.41, 5.74) is 0.861. The zero-order chi connectivity index (χ0) is 14.5. The van der Waals surface area contributed by atoms with E-state index in [0.717, 1.165) is 5.56 Å². The summed E-state index contributed by atoms with van der Waals surface area (Å²) in [5.74, 6) is 0.0669. The number of benzene rings is 1. The molecule has 0 aliphatic carbocycles. The normalized spacial score (nSPS) is 11.2. The van der Waals surface area contributed by atoms with E-state index < -0.39 is 11.7 Å². The molecule has 0 spiro atoms. The van der Waals surface area contributed by atoms with Gasteiger partial charge in [0.05, 0.1) is 6.61 Å². The Hall–Kier alpha value is -1.75. The van der Waals surface area contributed by atoms with Gasteiger partial charge in [0.2, 0.25) is 0 Å². The molecular weight excluding hydrogens is 246 g/mol. The first-order valence-electron chi connectivity index (χ1n) is 6.20. The van der Waals surface area contributed by atoms with Crippen molar-refractivity contribution < 1.29 is 19.7 Å². The molecule has 1 aromatic carbocycles. The highest BCUT2D eigenvalue weighted by molar-refractivity contribution is 5.67. The number of phenols is 1. The number of carbonyl (C=O) groups is 1. The number of nitrogens with one attached hydrogen (secondary N) is 1. The minimum Gasteiger partial charge on any atom is -0.508 e. The van der Waals surface area contributed by atoms with Crippen LogP contribution >= 0.6 is 0 Å². The van der Waals surface area contributed by atoms with Gasteiger partial charge in [-0.2, -0.15) is 0 Å². The highest BCUT2D eigenvalue weighted by atomic mass is 16.6. The second kappa shape index (κ2) is 6.43. The Kier molecular flexibility index (Phi) is 5.18. The van der Waals surface area contributed by atoms with Crippen LogP contribution in [0.2, 0.25) is 0 Å². The van der Waals surface area contributed by atoms with E-state index in [1.807, 2.05) is 6.07 Å². The zero-order valence-electron chi connectivity index (χ0n) is 11.6. The lowest BCUT2D eigenvalue weighted by molar-refractivity contribution is 0.0528. The lowest BCUT2D eigenvalue weighted by Crippen LogP contribution is -2.33. The molecule has 106 valence electrons. The number of ether oxygens (including phenoxy) is 1. The van der Waals surface area contributed by atoms with E-state index in [-0.39, 0.29) is 12.4 Å². The monoisotopic (exact) mass is 267 g/mol. The summed E-state index contributed by atoms with van der Waals surface area (Å²) in [6.45, 7) is 5.64. The molecule has 0 aliphatic heterocycles. The van der Waals surface area contributed by atoms with Crippen LogP contribution in [-0.2, 0) is 17.8 Å². The van der Waals surface area contributed by atoms with Crippen molar-refractivity contribution in [3.8, 4) is 5.75 Å². The highest BCUT2D eigenvalue weighted by Crippen LogP contribution is 2.18. The van der Waals surface area contributed by atoms with Gasteiger partial charge in [-0.15, -0.1) is 0 Å². The van der Waals surface area contributed by atoms with Crippen LogP contribution in [0.3, 0.4) is 0 Å². The fourth-order valence-corrected chi connectivity index (χ4v) is 1.52. The fraction of sp³-hybridized carbons (Fsp3) is 0.500. The third-order valence-corrected chi connectivity index (χ3v) is 2.40.